The van der Waals surface area contributed by atoms with E-state index < -0.39 is 48.7 Å². The van der Waals surface area contributed by atoms with Gasteiger partial charge in [-0.15, -0.1) is 0 Å². The standard InChI is InChI=1S/C22H30FO7P/c1-12-8-16-14-10-18(23)17-9-13(24)4-6-20(17,2)15(14)5-7-21(16,3)22(12,26)19(25)11-30-31(27,28)29/h5,9,12,14,16,18,26H,4,6-8,10-11H2,1-3H3,(H2,27,28,29)/t12?,14-,16+,18?,20-,21+,22+/m1/s1. The molecule has 2 unspecified atom stereocenters. The molecule has 4 aliphatic carbocycles. The minimum Gasteiger partial charge on any atom is -0.381 e. The zero-order valence-corrected chi connectivity index (χ0v) is 18.9. The molecule has 0 aromatic carbocycles. The number of alkyl halides is 1. The molecule has 0 bridgehead atoms. The number of hydrogen-bond acceptors (Lipinski definition) is 5. The number of Topliss-reactive ketones (excluding diaryl/α,β-unsaturated/α-hetero) is 1. The Hall–Kier alpha value is -1.18. The molecule has 4 aliphatic rings. The highest BCUT2D eigenvalue weighted by molar-refractivity contribution is 7.46. The van der Waals surface area contributed by atoms with Crippen molar-refractivity contribution in [3.8, 4) is 0 Å². The molecule has 172 valence electrons. The number of halogens is 1. The second kappa shape index (κ2) is 7.16. The molecule has 0 radical (unpaired) electrons. The van der Waals surface area contributed by atoms with Gasteiger partial charge in [-0.2, -0.15) is 0 Å². The number of phosphoric ester groups is 1. The van der Waals surface area contributed by atoms with Crippen LogP contribution in [0.5, 0.6) is 0 Å². The Bertz CT molecular complexity index is 938. The van der Waals surface area contributed by atoms with Gasteiger partial charge in [0.25, 0.3) is 0 Å². The van der Waals surface area contributed by atoms with Crippen LogP contribution in [0.4, 0.5) is 4.39 Å². The Kier molecular flexibility index (Phi) is 5.31. The monoisotopic (exact) mass is 456 g/mol. The van der Waals surface area contributed by atoms with Crippen LogP contribution in [0, 0.1) is 28.6 Å². The first-order valence-electron chi connectivity index (χ1n) is 10.8. The molecule has 0 saturated heterocycles. The first-order valence-corrected chi connectivity index (χ1v) is 12.3. The highest BCUT2D eigenvalue weighted by Crippen LogP contribution is 2.67. The first kappa shape index (κ1) is 23.0. The molecule has 7 nitrogen and oxygen atoms in total. The molecule has 0 aliphatic heterocycles. The summed E-state index contributed by atoms with van der Waals surface area (Å²) in [6.45, 7) is 4.67. The third kappa shape index (κ3) is 3.25. The van der Waals surface area contributed by atoms with Gasteiger partial charge in [-0.1, -0.05) is 32.4 Å². The zero-order chi connectivity index (χ0) is 23.0. The summed E-state index contributed by atoms with van der Waals surface area (Å²) in [6.07, 6.45) is 4.24. The smallest absolute Gasteiger partial charge is 0.381 e. The molecular weight excluding hydrogens is 426 g/mol. The van der Waals surface area contributed by atoms with Crippen molar-refractivity contribution in [3.05, 3.63) is 23.3 Å². The maximum absolute atomic E-state index is 15.3. The second-order valence-electron chi connectivity index (χ2n) is 10.2. The minimum absolute atomic E-state index is 0.0469. The topological polar surface area (TPSA) is 121 Å². The van der Waals surface area contributed by atoms with E-state index in [0.717, 1.165) is 5.57 Å². The van der Waals surface area contributed by atoms with E-state index in [9.17, 15) is 19.3 Å². The maximum Gasteiger partial charge on any atom is 0.470 e. The van der Waals surface area contributed by atoms with E-state index in [1.807, 2.05) is 19.9 Å². The molecule has 0 heterocycles. The highest BCUT2D eigenvalue weighted by atomic mass is 31.2. The lowest BCUT2D eigenvalue weighted by Gasteiger charge is -2.55. The van der Waals surface area contributed by atoms with Crippen LogP contribution < -0.4 is 0 Å². The van der Waals surface area contributed by atoms with Gasteiger partial charge < -0.3 is 14.9 Å². The van der Waals surface area contributed by atoms with Crippen molar-refractivity contribution in [2.24, 2.45) is 28.6 Å². The Morgan fingerprint density at radius 3 is 2.61 bits per heavy atom. The summed E-state index contributed by atoms with van der Waals surface area (Å²) in [5, 5.41) is 11.6. The third-order valence-corrected chi connectivity index (χ3v) is 9.16. The van der Waals surface area contributed by atoms with Gasteiger partial charge in [0.1, 0.15) is 18.4 Å². The quantitative estimate of drug-likeness (QED) is 0.439. The van der Waals surface area contributed by atoms with Crippen molar-refractivity contribution in [2.75, 3.05) is 6.61 Å². The highest BCUT2D eigenvalue weighted by Gasteiger charge is 2.68. The molecule has 2 fully saturated rings. The fourth-order valence-electron chi connectivity index (χ4n) is 7.05. The van der Waals surface area contributed by atoms with E-state index in [2.05, 4.69) is 4.52 Å². The molecule has 31 heavy (non-hydrogen) atoms. The van der Waals surface area contributed by atoms with E-state index in [4.69, 9.17) is 9.79 Å². The number of carbonyl (C=O) groups excluding carboxylic acids is 2. The van der Waals surface area contributed by atoms with E-state index >= 15 is 4.39 Å². The molecule has 0 aromatic rings. The molecule has 0 amide bonds. The van der Waals surface area contributed by atoms with Gasteiger partial charge >= 0.3 is 7.82 Å². The van der Waals surface area contributed by atoms with Crippen LogP contribution in [-0.2, 0) is 18.7 Å². The largest absolute Gasteiger partial charge is 0.470 e. The number of rotatable bonds is 4. The van der Waals surface area contributed by atoms with Crippen molar-refractivity contribution < 1.29 is 38.0 Å². The van der Waals surface area contributed by atoms with Crippen LogP contribution in [0.15, 0.2) is 23.3 Å². The predicted octanol–water partition coefficient (Wildman–Crippen LogP) is 3.04. The lowest BCUT2D eigenvalue weighted by atomic mass is 9.50. The summed E-state index contributed by atoms with van der Waals surface area (Å²) in [7, 11) is -4.86. The Balaban J connectivity index is 1.72. The Labute approximate surface area is 181 Å². The summed E-state index contributed by atoms with van der Waals surface area (Å²) in [5.41, 5.74) is -1.63. The zero-order valence-electron chi connectivity index (χ0n) is 18.0. The van der Waals surface area contributed by atoms with Crippen molar-refractivity contribution in [1.82, 2.24) is 0 Å². The number of allylic oxidation sites excluding steroid dienone is 4. The third-order valence-electron chi connectivity index (χ3n) is 8.69. The first-order chi connectivity index (χ1) is 14.2. The molecule has 7 atom stereocenters. The second-order valence-corrected chi connectivity index (χ2v) is 11.4. The van der Waals surface area contributed by atoms with Gasteiger partial charge in [0.05, 0.1) is 0 Å². The number of aliphatic hydroxyl groups is 1. The van der Waals surface area contributed by atoms with Gasteiger partial charge in [0, 0.05) is 17.3 Å². The Morgan fingerprint density at radius 1 is 1.29 bits per heavy atom. The molecule has 2 saturated carbocycles. The predicted molar refractivity (Wildman–Crippen MR) is 109 cm³/mol. The number of phosphoric acid groups is 1. The summed E-state index contributed by atoms with van der Waals surface area (Å²) >= 11 is 0. The number of carbonyl (C=O) groups is 2. The molecule has 9 heteroatoms. The fourth-order valence-corrected chi connectivity index (χ4v) is 7.34. The van der Waals surface area contributed by atoms with Crippen LogP contribution in [0.1, 0.15) is 52.9 Å². The van der Waals surface area contributed by atoms with Crippen LogP contribution in [0.3, 0.4) is 0 Å². The normalized spacial score (nSPS) is 44.7. The summed E-state index contributed by atoms with van der Waals surface area (Å²) < 4.78 is 30.8. The van der Waals surface area contributed by atoms with Gasteiger partial charge in [-0.05, 0) is 55.1 Å². The summed E-state index contributed by atoms with van der Waals surface area (Å²) in [6, 6.07) is 0. The summed E-state index contributed by atoms with van der Waals surface area (Å²) in [5.74, 6) is -1.61. The van der Waals surface area contributed by atoms with Crippen molar-refractivity contribution in [3.63, 3.8) is 0 Å². The van der Waals surface area contributed by atoms with Crippen LogP contribution in [-0.4, -0.2) is 44.8 Å². The van der Waals surface area contributed by atoms with Gasteiger partial charge in [0.15, 0.2) is 11.6 Å². The maximum atomic E-state index is 15.3. The van der Waals surface area contributed by atoms with Crippen molar-refractivity contribution in [2.45, 2.75) is 64.6 Å². The van der Waals surface area contributed by atoms with E-state index in [-0.39, 0.29) is 24.0 Å². The van der Waals surface area contributed by atoms with Crippen molar-refractivity contribution >= 4 is 19.4 Å². The fraction of sp³-hybridized carbons (Fsp3) is 0.727. The molecule has 0 aromatic heterocycles. The molecule has 4 rings (SSSR count). The van der Waals surface area contributed by atoms with Gasteiger partial charge in [-0.25, -0.2) is 8.96 Å². The average Bonchev–Trinajstić information content (AvgIpc) is 2.89. The van der Waals surface area contributed by atoms with Gasteiger partial charge in [0.2, 0.25) is 0 Å². The Morgan fingerprint density at radius 2 is 1.97 bits per heavy atom. The van der Waals surface area contributed by atoms with E-state index in [0.29, 0.717) is 31.3 Å². The molecule has 0 spiro atoms. The molecular formula is C22H30FO7P. The van der Waals surface area contributed by atoms with E-state index in [1.54, 1.807) is 6.92 Å². The van der Waals surface area contributed by atoms with Gasteiger partial charge in [-0.3, -0.25) is 14.1 Å². The number of fused-ring (bicyclic) bond motifs is 5. The van der Waals surface area contributed by atoms with Crippen LogP contribution in [0.2, 0.25) is 0 Å². The lowest BCUT2D eigenvalue weighted by molar-refractivity contribution is -0.161. The van der Waals surface area contributed by atoms with Crippen molar-refractivity contribution in [1.29, 1.82) is 0 Å². The SMILES string of the molecule is CC1C[C@H]2[C@@H]3CC(F)C4=CC(=O)CC[C@]4(C)C3=CC[C@]2(C)[C@@]1(O)C(=O)COP(=O)(O)O. The minimum atomic E-state index is -4.86. The van der Waals surface area contributed by atoms with Crippen LogP contribution in [0.25, 0.3) is 0 Å². The average molecular weight is 456 g/mol. The van der Waals surface area contributed by atoms with E-state index in [1.165, 1.54) is 6.08 Å². The number of hydrogen-bond donors (Lipinski definition) is 3. The number of ketones is 2. The van der Waals surface area contributed by atoms with Crippen LogP contribution >= 0.6 is 7.82 Å². The lowest BCUT2D eigenvalue weighted by Crippen LogP contribution is -2.58. The molecule has 3 N–H and O–H groups in total. The summed E-state index contributed by atoms with van der Waals surface area (Å²) in [4.78, 5) is 42.9.